The normalized spacial score (nSPS) is 20.6. The Hall–Kier alpha value is -2.82. The largest absolute Gasteiger partial charge is 0.383 e. The van der Waals surface area contributed by atoms with Crippen molar-refractivity contribution in [3.63, 3.8) is 0 Å². The van der Waals surface area contributed by atoms with Gasteiger partial charge in [-0.3, -0.25) is 9.59 Å². The van der Waals surface area contributed by atoms with Crippen molar-refractivity contribution in [2.45, 2.75) is 25.9 Å². The second kappa shape index (κ2) is 7.43. The van der Waals surface area contributed by atoms with Gasteiger partial charge >= 0.3 is 0 Å². The molecule has 2 heterocycles. The highest BCUT2D eigenvalue weighted by atomic mass is 16.2. The lowest BCUT2D eigenvalue weighted by atomic mass is 10.1. The highest BCUT2D eigenvalue weighted by Gasteiger charge is 2.39. The lowest BCUT2D eigenvalue weighted by Crippen LogP contribution is -2.38. The topological polar surface area (TPSA) is 52.7 Å². The molecule has 0 aromatic heterocycles. The molecule has 140 valence electrons. The smallest absolute Gasteiger partial charge is 0.228 e. The van der Waals surface area contributed by atoms with Crippen molar-refractivity contribution in [2.75, 3.05) is 25.0 Å². The molecule has 1 saturated heterocycles. The number of nitrogens with zero attached hydrogens (tertiary/aromatic N) is 2. The van der Waals surface area contributed by atoms with E-state index in [9.17, 15) is 9.59 Å². The molecule has 2 aromatic rings. The Morgan fingerprint density at radius 1 is 1.11 bits per heavy atom. The van der Waals surface area contributed by atoms with Crippen LogP contribution in [0.25, 0.3) is 0 Å². The fourth-order valence-corrected chi connectivity index (χ4v) is 4.07. The van der Waals surface area contributed by atoms with Crippen molar-refractivity contribution in [2.24, 2.45) is 5.92 Å². The molecule has 2 aromatic carbocycles. The molecule has 0 aliphatic carbocycles. The van der Waals surface area contributed by atoms with Gasteiger partial charge in [0.05, 0.1) is 12.0 Å². The molecule has 5 heteroatoms. The molecule has 2 unspecified atom stereocenters. The summed E-state index contributed by atoms with van der Waals surface area (Å²) >= 11 is 0. The molecular formula is C22H25N3O2. The first kappa shape index (κ1) is 17.6. The van der Waals surface area contributed by atoms with Gasteiger partial charge in [0.15, 0.2) is 0 Å². The zero-order valence-corrected chi connectivity index (χ0v) is 15.6. The molecule has 0 saturated carbocycles. The van der Waals surface area contributed by atoms with E-state index in [2.05, 4.69) is 11.4 Å². The molecule has 4 rings (SSSR count). The third kappa shape index (κ3) is 3.54. The summed E-state index contributed by atoms with van der Waals surface area (Å²) in [5.74, 6) is -0.100. The Balaban J connectivity index is 1.46. The number of nitrogens with one attached hydrogen (secondary N) is 1. The van der Waals surface area contributed by atoms with Gasteiger partial charge in [-0.05, 0) is 24.1 Å². The molecular weight excluding hydrogens is 338 g/mol. The summed E-state index contributed by atoms with van der Waals surface area (Å²) in [4.78, 5) is 29.5. The SMILES string of the molecule is CC(c1ccccc1)N1CC(C(=O)N2CCNc3ccccc3C2)CC1=O. The molecule has 2 atom stereocenters. The molecule has 2 aliphatic rings. The fraction of sp³-hybridized carbons (Fsp3) is 0.364. The van der Waals surface area contributed by atoms with E-state index < -0.39 is 0 Å². The fourth-order valence-electron chi connectivity index (χ4n) is 4.07. The van der Waals surface area contributed by atoms with Gasteiger partial charge in [-0.15, -0.1) is 0 Å². The maximum atomic E-state index is 13.1. The van der Waals surface area contributed by atoms with Gasteiger partial charge in [0.2, 0.25) is 11.8 Å². The second-order valence-electron chi connectivity index (χ2n) is 7.38. The predicted molar refractivity (Wildman–Crippen MR) is 105 cm³/mol. The summed E-state index contributed by atoms with van der Waals surface area (Å²) in [6, 6.07) is 18.1. The Kier molecular flexibility index (Phi) is 4.84. The average molecular weight is 363 g/mol. The number of hydrogen-bond acceptors (Lipinski definition) is 3. The first-order valence-electron chi connectivity index (χ1n) is 9.58. The number of fused-ring (bicyclic) bond motifs is 1. The lowest BCUT2D eigenvalue weighted by molar-refractivity contribution is -0.136. The molecule has 0 spiro atoms. The monoisotopic (exact) mass is 363 g/mol. The quantitative estimate of drug-likeness (QED) is 0.912. The van der Waals surface area contributed by atoms with Crippen LogP contribution in [0.5, 0.6) is 0 Å². The van der Waals surface area contributed by atoms with Crippen molar-refractivity contribution >= 4 is 17.5 Å². The van der Waals surface area contributed by atoms with E-state index in [1.165, 1.54) is 0 Å². The molecule has 0 bridgehead atoms. The summed E-state index contributed by atoms with van der Waals surface area (Å²) in [6.07, 6.45) is 0.307. The number of amides is 2. The van der Waals surface area contributed by atoms with Crippen LogP contribution in [-0.2, 0) is 16.1 Å². The van der Waals surface area contributed by atoms with Crippen molar-refractivity contribution in [1.29, 1.82) is 0 Å². The number of carbonyl (C=O) groups is 2. The number of hydrogen-bond donors (Lipinski definition) is 1. The third-order valence-corrected chi connectivity index (χ3v) is 5.64. The first-order chi connectivity index (χ1) is 13.1. The molecule has 27 heavy (non-hydrogen) atoms. The van der Waals surface area contributed by atoms with E-state index in [1.54, 1.807) is 0 Å². The van der Waals surface area contributed by atoms with Crippen LogP contribution in [0, 0.1) is 5.92 Å². The molecule has 1 fully saturated rings. The second-order valence-corrected chi connectivity index (χ2v) is 7.38. The van der Waals surface area contributed by atoms with Crippen LogP contribution in [0.1, 0.15) is 30.5 Å². The minimum Gasteiger partial charge on any atom is -0.383 e. The van der Waals surface area contributed by atoms with Crippen LogP contribution in [0.2, 0.25) is 0 Å². The Labute approximate surface area is 160 Å². The number of likely N-dealkylation sites (tertiary alicyclic amines) is 1. The van der Waals surface area contributed by atoms with Gasteiger partial charge in [0.25, 0.3) is 0 Å². The Morgan fingerprint density at radius 2 is 1.85 bits per heavy atom. The molecule has 1 N–H and O–H groups in total. The van der Waals surface area contributed by atoms with Crippen molar-refractivity contribution in [3.05, 3.63) is 65.7 Å². The maximum absolute atomic E-state index is 13.1. The predicted octanol–water partition coefficient (Wildman–Crippen LogP) is 3.05. The van der Waals surface area contributed by atoms with E-state index in [0.717, 1.165) is 23.4 Å². The number of benzene rings is 2. The Morgan fingerprint density at radius 3 is 2.67 bits per heavy atom. The zero-order valence-electron chi connectivity index (χ0n) is 15.6. The summed E-state index contributed by atoms with van der Waals surface area (Å²) in [6.45, 7) is 4.52. The minimum atomic E-state index is -0.256. The van der Waals surface area contributed by atoms with Crippen molar-refractivity contribution in [1.82, 2.24) is 9.80 Å². The van der Waals surface area contributed by atoms with Crippen LogP contribution < -0.4 is 5.32 Å². The number of rotatable bonds is 3. The molecule has 5 nitrogen and oxygen atoms in total. The Bertz CT molecular complexity index is 836. The highest BCUT2D eigenvalue weighted by molar-refractivity contribution is 5.89. The van der Waals surface area contributed by atoms with Crippen molar-refractivity contribution in [3.8, 4) is 0 Å². The van der Waals surface area contributed by atoms with Crippen molar-refractivity contribution < 1.29 is 9.59 Å². The summed E-state index contributed by atoms with van der Waals surface area (Å²) in [7, 11) is 0. The van der Waals surface area contributed by atoms with Crippen LogP contribution in [-0.4, -0.2) is 41.2 Å². The average Bonchev–Trinajstić information content (AvgIpc) is 2.96. The summed E-state index contributed by atoms with van der Waals surface area (Å²) < 4.78 is 0. The molecule has 2 amide bonds. The van der Waals surface area contributed by atoms with Crippen LogP contribution in [0.15, 0.2) is 54.6 Å². The van der Waals surface area contributed by atoms with Gasteiger partial charge in [-0.25, -0.2) is 0 Å². The van der Waals surface area contributed by atoms with E-state index in [-0.39, 0.29) is 23.8 Å². The van der Waals surface area contributed by atoms with Crippen LogP contribution in [0.4, 0.5) is 5.69 Å². The van der Waals surface area contributed by atoms with E-state index in [1.807, 2.05) is 65.3 Å². The maximum Gasteiger partial charge on any atom is 0.228 e. The number of anilines is 1. The van der Waals surface area contributed by atoms with Gasteiger partial charge in [0.1, 0.15) is 0 Å². The van der Waals surface area contributed by atoms with E-state index >= 15 is 0 Å². The lowest BCUT2D eigenvalue weighted by Gasteiger charge is -2.27. The standard InChI is InChI=1S/C22H25N3O2/c1-16(17-7-3-2-4-8-17)25-15-19(13-21(25)26)22(27)24-12-11-23-20-10-6-5-9-18(20)14-24/h2-10,16,19,23H,11-15H2,1H3. The third-order valence-electron chi connectivity index (χ3n) is 5.64. The van der Waals surface area contributed by atoms with Gasteiger partial charge in [0, 0.05) is 38.3 Å². The van der Waals surface area contributed by atoms with Gasteiger partial charge in [-0.2, -0.15) is 0 Å². The van der Waals surface area contributed by atoms with Gasteiger partial charge < -0.3 is 15.1 Å². The van der Waals surface area contributed by atoms with Crippen LogP contribution in [0.3, 0.4) is 0 Å². The zero-order chi connectivity index (χ0) is 18.8. The highest BCUT2D eigenvalue weighted by Crippen LogP contribution is 2.30. The minimum absolute atomic E-state index is 0.0111. The number of para-hydroxylation sites is 1. The molecule has 0 radical (unpaired) electrons. The number of carbonyl (C=O) groups excluding carboxylic acids is 2. The van der Waals surface area contributed by atoms with E-state index in [4.69, 9.17) is 0 Å². The summed E-state index contributed by atoms with van der Waals surface area (Å²) in [5.41, 5.74) is 3.32. The van der Waals surface area contributed by atoms with Gasteiger partial charge in [-0.1, -0.05) is 48.5 Å². The first-order valence-corrected chi connectivity index (χ1v) is 9.58. The van der Waals surface area contributed by atoms with Crippen LogP contribution >= 0.6 is 0 Å². The molecule has 2 aliphatic heterocycles. The summed E-state index contributed by atoms with van der Waals surface area (Å²) in [5, 5.41) is 3.39. The van der Waals surface area contributed by atoms with E-state index in [0.29, 0.717) is 26.1 Å².